The maximum absolute atomic E-state index is 12.7. The van der Waals surface area contributed by atoms with E-state index in [1.807, 2.05) is 30.3 Å². The van der Waals surface area contributed by atoms with Gasteiger partial charge in [-0.05, 0) is 38.2 Å². The summed E-state index contributed by atoms with van der Waals surface area (Å²) in [5.74, 6) is 0.462. The molecule has 4 nitrogen and oxygen atoms in total. The van der Waals surface area contributed by atoms with Gasteiger partial charge in [0, 0.05) is 12.7 Å². The molecule has 0 bridgehead atoms. The van der Waals surface area contributed by atoms with Gasteiger partial charge in [-0.15, -0.1) is 0 Å². The van der Waals surface area contributed by atoms with Crippen LogP contribution in [0.4, 0.5) is 0 Å². The number of benzene rings is 1. The van der Waals surface area contributed by atoms with Gasteiger partial charge in [0.05, 0.1) is 24.1 Å². The predicted molar refractivity (Wildman–Crippen MR) is 86.7 cm³/mol. The number of hydrogen-bond donors (Lipinski definition) is 0. The Morgan fingerprint density at radius 3 is 2.55 bits per heavy atom. The van der Waals surface area contributed by atoms with Gasteiger partial charge in [0.1, 0.15) is 0 Å². The average molecular weight is 298 g/mol. The van der Waals surface area contributed by atoms with Crippen molar-refractivity contribution in [3.8, 4) is 11.1 Å². The summed E-state index contributed by atoms with van der Waals surface area (Å²) in [5.41, 5.74) is 1.62. The second-order valence-corrected chi connectivity index (χ2v) is 6.23. The van der Waals surface area contributed by atoms with Gasteiger partial charge in [0.15, 0.2) is 0 Å². The molecule has 1 aromatic heterocycles. The van der Waals surface area contributed by atoms with Crippen LogP contribution in [0, 0.1) is 5.92 Å². The van der Waals surface area contributed by atoms with Crippen molar-refractivity contribution in [2.75, 3.05) is 0 Å². The summed E-state index contributed by atoms with van der Waals surface area (Å²) >= 11 is 0. The molecule has 1 saturated heterocycles. The monoisotopic (exact) mass is 298 g/mol. The van der Waals surface area contributed by atoms with E-state index in [0.717, 1.165) is 18.4 Å². The van der Waals surface area contributed by atoms with Crippen molar-refractivity contribution in [1.29, 1.82) is 0 Å². The van der Waals surface area contributed by atoms with Gasteiger partial charge in [-0.25, -0.2) is 4.98 Å². The fraction of sp³-hybridized carbons (Fsp3) is 0.444. The molecule has 0 spiro atoms. The molecule has 2 aromatic rings. The highest BCUT2D eigenvalue weighted by molar-refractivity contribution is 5.60. The zero-order valence-corrected chi connectivity index (χ0v) is 13.1. The molecule has 0 aliphatic carbocycles. The summed E-state index contributed by atoms with van der Waals surface area (Å²) in [7, 11) is 0. The first-order chi connectivity index (χ1) is 10.6. The standard InChI is InChI=1S/C18H22N2O2/c1-13-8-15(9-14(2)22-13)11-20-12-19-10-17(18(20)21)16-6-4-3-5-7-16/h3-7,10,12-15H,8-9,11H2,1-2H3/t13-,14+,15?. The zero-order chi connectivity index (χ0) is 15.5. The Kier molecular flexibility index (Phi) is 4.39. The van der Waals surface area contributed by atoms with Crippen molar-refractivity contribution in [2.45, 2.75) is 45.4 Å². The summed E-state index contributed by atoms with van der Waals surface area (Å²) in [6.45, 7) is 4.92. The first-order valence-electron chi connectivity index (χ1n) is 7.89. The third-order valence-corrected chi connectivity index (χ3v) is 4.24. The Balaban J connectivity index is 1.85. The van der Waals surface area contributed by atoms with Crippen LogP contribution in [0.5, 0.6) is 0 Å². The van der Waals surface area contributed by atoms with Crippen LogP contribution in [0.2, 0.25) is 0 Å². The molecule has 1 aliphatic heterocycles. The Hall–Kier alpha value is -1.94. The van der Waals surface area contributed by atoms with Crippen LogP contribution in [0.15, 0.2) is 47.7 Å². The molecule has 3 rings (SSSR count). The molecule has 22 heavy (non-hydrogen) atoms. The van der Waals surface area contributed by atoms with E-state index in [9.17, 15) is 4.79 Å². The van der Waals surface area contributed by atoms with Gasteiger partial charge >= 0.3 is 0 Å². The van der Waals surface area contributed by atoms with Crippen LogP contribution in [0.25, 0.3) is 11.1 Å². The molecule has 2 heterocycles. The molecule has 0 amide bonds. The highest BCUT2D eigenvalue weighted by Gasteiger charge is 2.25. The highest BCUT2D eigenvalue weighted by atomic mass is 16.5. The van der Waals surface area contributed by atoms with Crippen LogP contribution >= 0.6 is 0 Å². The summed E-state index contributed by atoms with van der Waals surface area (Å²) in [6.07, 6.45) is 5.81. The topological polar surface area (TPSA) is 44.1 Å². The minimum atomic E-state index is 0.0352. The fourth-order valence-corrected chi connectivity index (χ4v) is 3.37. The van der Waals surface area contributed by atoms with E-state index in [-0.39, 0.29) is 17.8 Å². The second-order valence-electron chi connectivity index (χ2n) is 6.23. The quantitative estimate of drug-likeness (QED) is 0.874. The number of aromatic nitrogens is 2. The van der Waals surface area contributed by atoms with Crippen molar-refractivity contribution in [3.63, 3.8) is 0 Å². The average Bonchev–Trinajstić information content (AvgIpc) is 2.49. The molecule has 1 unspecified atom stereocenters. The van der Waals surface area contributed by atoms with E-state index in [1.165, 1.54) is 0 Å². The van der Waals surface area contributed by atoms with E-state index in [0.29, 0.717) is 18.0 Å². The highest BCUT2D eigenvalue weighted by Crippen LogP contribution is 2.25. The lowest BCUT2D eigenvalue weighted by Gasteiger charge is -2.32. The maximum atomic E-state index is 12.7. The van der Waals surface area contributed by atoms with Gasteiger partial charge in [-0.3, -0.25) is 9.36 Å². The van der Waals surface area contributed by atoms with Crippen molar-refractivity contribution < 1.29 is 4.74 Å². The first kappa shape index (κ1) is 15.0. The molecule has 4 heteroatoms. The maximum Gasteiger partial charge on any atom is 0.261 e. The molecule has 1 aromatic carbocycles. The SMILES string of the molecule is C[C@@H]1CC(Cn2cncc(-c3ccccc3)c2=O)C[C@H](C)O1. The van der Waals surface area contributed by atoms with Crippen molar-refractivity contribution in [1.82, 2.24) is 9.55 Å². The van der Waals surface area contributed by atoms with Crippen LogP contribution in [-0.4, -0.2) is 21.8 Å². The number of nitrogens with zero attached hydrogens (tertiary/aromatic N) is 2. The Morgan fingerprint density at radius 1 is 1.18 bits per heavy atom. The molecule has 3 atom stereocenters. The van der Waals surface area contributed by atoms with Crippen molar-refractivity contribution in [3.05, 3.63) is 53.2 Å². The third-order valence-electron chi connectivity index (χ3n) is 4.24. The molecule has 1 aliphatic rings. The number of ether oxygens (including phenoxy) is 1. The third kappa shape index (κ3) is 3.28. The smallest absolute Gasteiger partial charge is 0.261 e. The van der Waals surface area contributed by atoms with Gasteiger partial charge in [-0.1, -0.05) is 30.3 Å². The van der Waals surface area contributed by atoms with Gasteiger partial charge in [-0.2, -0.15) is 0 Å². The van der Waals surface area contributed by atoms with Crippen LogP contribution < -0.4 is 5.56 Å². The second kappa shape index (κ2) is 6.44. The molecular formula is C18H22N2O2. The largest absolute Gasteiger partial charge is 0.376 e. The number of hydrogen-bond acceptors (Lipinski definition) is 3. The van der Waals surface area contributed by atoms with Gasteiger partial charge in [0.2, 0.25) is 0 Å². The zero-order valence-electron chi connectivity index (χ0n) is 13.1. The Bertz CT molecular complexity index is 671. The minimum absolute atomic E-state index is 0.0352. The molecular weight excluding hydrogens is 276 g/mol. The van der Waals surface area contributed by atoms with E-state index < -0.39 is 0 Å². The summed E-state index contributed by atoms with van der Waals surface area (Å²) in [4.78, 5) is 17.0. The summed E-state index contributed by atoms with van der Waals surface area (Å²) < 4.78 is 7.52. The summed E-state index contributed by atoms with van der Waals surface area (Å²) in [5, 5.41) is 0. The van der Waals surface area contributed by atoms with Crippen LogP contribution in [0.3, 0.4) is 0 Å². The van der Waals surface area contributed by atoms with Gasteiger partial charge in [0.25, 0.3) is 5.56 Å². The molecule has 0 saturated carbocycles. The summed E-state index contributed by atoms with van der Waals surface area (Å²) in [6, 6.07) is 9.72. The molecule has 1 fully saturated rings. The Morgan fingerprint density at radius 2 is 1.86 bits per heavy atom. The van der Waals surface area contributed by atoms with Crippen molar-refractivity contribution in [2.24, 2.45) is 5.92 Å². The van der Waals surface area contributed by atoms with E-state index in [2.05, 4.69) is 18.8 Å². The normalized spacial score (nSPS) is 25.1. The van der Waals surface area contributed by atoms with E-state index >= 15 is 0 Å². The lowest BCUT2D eigenvalue weighted by molar-refractivity contribution is -0.0550. The van der Waals surface area contributed by atoms with E-state index in [4.69, 9.17) is 4.74 Å². The van der Waals surface area contributed by atoms with Crippen molar-refractivity contribution >= 4 is 0 Å². The van der Waals surface area contributed by atoms with Crippen LogP contribution in [0.1, 0.15) is 26.7 Å². The first-order valence-corrected chi connectivity index (χ1v) is 7.89. The van der Waals surface area contributed by atoms with Gasteiger partial charge < -0.3 is 4.74 Å². The lowest BCUT2D eigenvalue weighted by Crippen LogP contribution is -2.34. The lowest BCUT2D eigenvalue weighted by atomic mass is 9.92. The minimum Gasteiger partial charge on any atom is -0.376 e. The van der Waals surface area contributed by atoms with Crippen LogP contribution in [-0.2, 0) is 11.3 Å². The molecule has 116 valence electrons. The number of rotatable bonds is 3. The fourth-order valence-electron chi connectivity index (χ4n) is 3.37. The molecule has 0 radical (unpaired) electrons. The Labute approximate surface area is 130 Å². The molecule has 0 N–H and O–H groups in total. The predicted octanol–water partition coefficient (Wildman–Crippen LogP) is 3.11. The van der Waals surface area contributed by atoms with E-state index in [1.54, 1.807) is 17.1 Å².